The van der Waals surface area contributed by atoms with Gasteiger partial charge in [0.25, 0.3) is 0 Å². The lowest BCUT2D eigenvalue weighted by atomic mass is 9.80. The molecular weight excluding hydrogens is 245 g/mol. The van der Waals surface area contributed by atoms with Crippen molar-refractivity contribution in [3.63, 3.8) is 0 Å². The van der Waals surface area contributed by atoms with Crippen molar-refractivity contribution in [1.82, 2.24) is 4.90 Å². The molecular formula is C13H18BNO4. The molecule has 1 aliphatic heterocycles. The summed E-state index contributed by atoms with van der Waals surface area (Å²) in [4.78, 5) is 14.1. The van der Waals surface area contributed by atoms with E-state index in [2.05, 4.69) is 0 Å². The number of ketones is 1. The van der Waals surface area contributed by atoms with Gasteiger partial charge in [0.15, 0.2) is 5.78 Å². The number of hydrogen-bond donors (Lipinski definition) is 3. The zero-order valence-electron chi connectivity index (χ0n) is 10.7. The summed E-state index contributed by atoms with van der Waals surface area (Å²) in [7, 11) is -1.51. The van der Waals surface area contributed by atoms with Crippen LogP contribution in [0.5, 0.6) is 0 Å². The molecule has 0 atom stereocenters. The van der Waals surface area contributed by atoms with E-state index in [4.69, 9.17) is 10.0 Å². The van der Waals surface area contributed by atoms with E-state index in [1.807, 2.05) is 4.90 Å². The van der Waals surface area contributed by atoms with E-state index in [0.717, 1.165) is 13.1 Å². The highest BCUT2D eigenvalue weighted by atomic mass is 16.4. The third-order valence-corrected chi connectivity index (χ3v) is 3.46. The Bertz CT molecular complexity index is 427. The van der Waals surface area contributed by atoms with Crippen molar-refractivity contribution in [2.24, 2.45) is 0 Å². The molecule has 0 spiro atoms. The number of nitrogens with zero attached hydrogens (tertiary/aromatic N) is 1. The van der Waals surface area contributed by atoms with Crippen LogP contribution in [0.4, 0.5) is 0 Å². The highest BCUT2D eigenvalue weighted by Gasteiger charge is 2.20. The first kappa shape index (κ1) is 14.2. The number of Topliss-reactive ketones (excluding diaryl/α,β-unsaturated/α-hetero) is 1. The molecule has 1 saturated heterocycles. The Balaban J connectivity index is 1.92. The summed E-state index contributed by atoms with van der Waals surface area (Å²) in [5.41, 5.74) is 0.938. The van der Waals surface area contributed by atoms with Gasteiger partial charge in [-0.3, -0.25) is 9.69 Å². The van der Waals surface area contributed by atoms with Crippen molar-refractivity contribution in [3.05, 3.63) is 29.8 Å². The van der Waals surface area contributed by atoms with Gasteiger partial charge < -0.3 is 15.2 Å². The van der Waals surface area contributed by atoms with Crippen LogP contribution < -0.4 is 5.46 Å². The van der Waals surface area contributed by atoms with E-state index < -0.39 is 7.12 Å². The predicted molar refractivity (Wildman–Crippen MR) is 72.3 cm³/mol. The van der Waals surface area contributed by atoms with Crippen LogP contribution in [-0.2, 0) is 0 Å². The fourth-order valence-corrected chi connectivity index (χ4v) is 2.21. The van der Waals surface area contributed by atoms with Gasteiger partial charge in [-0.15, -0.1) is 0 Å². The second kappa shape index (κ2) is 6.30. The maximum Gasteiger partial charge on any atom is 0.488 e. The maximum atomic E-state index is 12.0. The SMILES string of the molecule is O=C(CN1CCC(O)CC1)c1ccc(B(O)O)cc1. The number of rotatable bonds is 4. The van der Waals surface area contributed by atoms with Crippen LogP contribution in [0.3, 0.4) is 0 Å². The summed E-state index contributed by atoms with van der Waals surface area (Å²) in [5.74, 6) is 0.00960. The number of aliphatic hydroxyl groups excluding tert-OH is 1. The molecule has 6 heteroatoms. The lowest BCUT2D eigenvalue weighted by Gasteiger charge is -2.28. The van der Waals surface area contributed by atoms with Gasteiger partial charge in [0.05, 0.1) is 12.6 Å². The normalized spacial score (nSPS) is 17.4. The lowest BCUT2D eigenvalue weighted by molar-refractivity contribution is 0.0711. The van der Waals surface area contributed by atoms with Crippen LogP contribution in [0.1, 0.15) is 23.2 Å². The average molecular weight is 263 g/mol. The van der Waals surface area contributed by atoms with Crippen LogP contribution in [0, 0.1) is 0 Å². The van der Waals surface area contributed by atoms with Gasteiger partial charge in [-0.2, -0.15) is 0 Å². The highest BCUT2D eigenvalue weighted by Crippen LogP contribution is 2.10. The molecule has 1 heterocycles. The van der Waals surface area contributed by atoms with Gasteiger partial charge in [0.1, 0.15) is 0 Å². The molecule has 0 amide bonds. The van der Waals surface area contributed by atoms with E-state index in [0.29, 0.717) is 30.4 Å². The lowest BCUT2D eigenvalue weighted by Crippen LogP contribution is -2.39. The van der Waals surface area contributed by atoms with E-state index in [1.54, 1.807) is 12.1 Å². The third-order valence-electron chi connectivity index (χ3n) is 3.46. The van der Waals surface area contributed by atoms with E-state index in [1.165, 1.54) is 12.1 Å². The Morgan fingerprint density at radius 3 is 2.32 bits per heavy atom. The zero-order chi connectivity index (χ0) is 13.8. The van der Waals surface area contributed by atoms with Crippen molar-refractivity contribution >= 4 is 18.4 Å². The summed E-state index contributed by atoms with van der Waals surface area (Å²) in [6, 6.07) is 6.29. The van der Waals surface area contributed by atoms with Gasteiger partial charge in [0.2, 0.25) is 0 Å². The quantitative estimate of drug-likeness (QED) is 0.480. The number of hydrogen-bond acceptors (Lipinski definition) is 5. The minimum Gasteiger partial charge on any atom is -0.423 e. The Morgan fingerprint density at radius 1 is 1.21 bits per heavy atom. The number of carbonyl (C=O) groups excluding carboxylic acids is 1. The Kier molecular flexibility index (Phi) is 4.71. The third kappa shape index (κ3) is 3.88. The number of benzene rings is 1. The van der Waals surface area contributed by atoms with Crippen LogP contribution in [0.2, 0.25) is 0 Å². The molecule has 0 bridgehead atoms. The molecule has 2 rings (SSSR count). The second-order valence-electron chi connectivity index (χ2n) is 4.93. The summed E-state index contributed by atoms with van der Waals surface area (Å²) < 4.78 is 0. The van der Waals surface area contributed by atoms with Crippen molar-refractivity contribution in [1.29, 1.82) is 0 Å². The largest absolute Gasteiger partial charge is 0.488 e. The first-order chi connectivity index (χ1) is 9.06. The first-order valence-electron chi connectivity index (χ1n) is 6.46. The number of carbonyl (C=O) groups is 1. The molecule has 102 valence electrons. The van der Waals surface area contributed by atoms with E-state index in [-0.39, 0.29) is 11.9 Å². The molecule has 19 heavy (non-hydrogen) atoms. The van der Waals surface area contributed by atoms with Crippen molar-refractivity contribution in [2.75, 3.05) is 19.6 Å². The molecule has 0 saturated carbocycles. The first-order valence-corrected chi connectivity index (χ1v) is 6.46. The van der Waals surface area contributed by atoms with Gasteiger partial charge >= 0.3 is 7.12 Å². The standard InChI is InChI=1S/C13H18BNO4/c16-12-5-7-15(8-6-12)9-13(17)10-1-3-11(4-2-10)14(18)19/h1-4,12,16,18-19H,5-9H2. The van der Waals surface area contributed by atoms with Crippen LogP contribution in [0.25, 0.3) is 0 Å². The molecule has 1 aromatic carbocycles. The molecule has 0 unspecified atom stereocenters. The Labute approximate surface area is 112 Å². The molecule has 0 aliphatic carbocycles. The molecule has 1 aromatic rings. The number of piperidine rings is 1. The average Bonchev–Trinajstić information content (AvgIpc) is 2.41. The van der Waals surface area contributed by atoms with Gasteiger partial charge in [-0.25, -0.2) is 0 Å². The molecule has 0 aromatic heterocycles. The maximum absolute atomic E-state index is 12.0. The number of aliphatic hydroxyl groups is 1. The van der Waals surface area contributed by atoms with Crippen LogP contribution in [-0.4, -0.2) is 58.7 Å². The second-order valence-corrected chi connectivity index (χ2v) is 4.93. The fourth-order valence-electron chi connectivity index (χ4n) is 2.21. The minimum atomic E-state index is -1.51. The van der Waals surface area contributed by atoms with Gasteiger partial charge in [-0.1, -0.05) is 24.3 Å². The topological polar surface area (TPSA) is 81.0 Å². The predicted octanol–water partition coefficient (Wildman–Crippen LogP) is -0.994. The van der Waals surface area contributed by atoms with E-state index >= 15 is 0 Å². The van der Waals surface area contributed by atoms with Crippen molar-refractivity contribution in [3.8, 4) is 0 Å². The monoisotopic (exact) mass is 263 g/mol. The van der Waals surface area contributed by atoms with Gasteiger partial charge in [0, 0.05) is 18.7 Å². The highest BCUT2D eigenvalue weighted by molar-refractivity contribution is 6.58. The molecule has 5 nitrogen and oxygen atoms in total. The van der Waals surface area contributed by atoms with Crippen LogP contribution >= 0.6 is 0 Å². The molecule has 1 fully saturated rings. The molecule has 1 aliphatic rings. The summed E-state index contributed by atoms with van der Waals surface area (Å²) in [5, 5.41) is 27.4. The van der Waals surface area contributed by atoms with Crippen molar-refractivity contribution in [2.45, 2.75) is 18.9 Å². The minimum absolute atomic E-state index is 0.00960. The van der Waals surface area contributed by atoms with Gasteiger partial charge in [-0.05, 0) is 18.3 Å². The smallest absolute Gasteiger partial charge is 0.423 e. The number of likely N-dealkylation sites (tertiary alicyclic amines) is 1. The zero-order valence-corrected chi connectivity index (χ0v) is 10.7. The Hall–Kier alpha value is -1.21. The fraction of sp³-hybridized carbons (Fsp3) is 0.462. The van der Waals surface area contributed by atoms with Crippen molar-refractivity contribution < 1.29 is 19.9 Å². The van der Waals surface area contributed by atoms with Crippen LogP contribution in [0.15, 0.2) is 24.3 Å². The van der Waals surface area contributed by atoms with E-state index in [9.17, 15) is 9.90 Å². The summed E-state index contributed by atoms with van der Waals surface area (Å²) in [6.45, 7) is 1.81. The Morgan fingerprint density at radius 2 is 1.79 bits per heavy atom. The summed E-state index contributed by atoms with van der Waals surface area (Å²) >= 11 is 0. The molecule has 3 N–H and O–H groups in total. The molecule has 0 radical (unpaired) electrons. The summed E-state index contributed by atoms with van der Waals surface area (Å²) in [6.07, 6.45) is 1.18.